The van der Waals surface area contributed by atoms with Crippen molar-refractivity contribution in [2.24, 2.45) is 17.6 Å². The number of ether oxygens (including phenoxy) is 1. The Balaban J connectivity index is 2.14. The molecule has 2 aliphatic rings. The van der Waals surface area contributed by atoms with Gasteiger partial charge in [0.25, 0.3) is 0 Å². The Bertz CT molecular complexity index is 667. The van der Waals surface area contributed by atoms with E-state index in [0.717, 1.165) is 18.6 Å². The van der Waals surface area contributed by atoms with Crippen molar-refractivity contribution in [2.75, 3.05) is 25.4 Å². The lowest BCUT2D eigenvalue weighted by Gasteiger charge is -2.37. The van der Waals surface area contributed by atoms with Crippen LogP contribution >= 0.6 is 11.8 Å². The number of rotatable bonds is 10. The zero-order valence-electron chi connectivity index (χ0n) is 21.0. The van der Waals surface area contributed by atoms with Gasteiger partial charge in [-0.25, -0.2) is 4.79 Å². The van der Waals surface area contributed by atoms with E-state index in [0.29, 0.717) is 31.3 Å². The molecule has 9 heteroatoms. The van der Waals surface area contributed by atoms with Gasteiger partial charge in [-0.15, -0.1) is 0 Å². The van der Waals surface area contributed by atoms with E-state index < -0.39 is 22.9 Å². The molecule has 0 spiro atoms. The molecule has 2 rings (SSSR count). The fourth-order valence-electron chi connectivity index (χ4n) is 4.57. The Morgan fingerprint density at radius 2 is 1.85 bits per heavy atom. The van der Waals surface area contributed by atoms with Crippen LogP contribution in [0.2, 0.25) is 0 Å². The Morgan fingerprint density at radius 1 is 1.18 bits per heavy atom. The van der Waals surface area contributed by atoms with Crippen LogP contribution in [0.25, 0.3) is 0 Å². The summed E-state index contributed by atoms with van der Waals surface area (Å²) in [6.07, 6.45) is 5.76. The number of carbonyl (C=O) groups excluding carboxylic acids is 3. The monoisotopic (exact) mass is 484 g/mol. The maximum absolute atomic E-state index is 13.7. The van der Waals surface area contributed by atoms with Gasteiger partial charge in [0.05, 0.1) is 6.61 Å². The van der Waals surface area contributed by atoms with Crippen molar-refractivity contribution in [2.45, 2.75) is 96.0 Å². The van der Waals surface area contributed by atoms with Crippen LogP contribution in [0, 0.1) is 11.8 Å². The van der Waals surface area contributed by atoms with Gasteiger partial charge in [-0.3, -0.25) is 9.59 Å². The van der Waals surface area contributed by atoms with E-state index in [-0.39, 0.29) is 24.5 Å². The molecular formula is C24H44N4O4S. The molecule has 0 bridgehead atoms. The topological polar surface area (TPSA) is 114 Å². The number of hydrogen-bond acceptors (Lipinski definition) is 6. The third kappa shape index (κ3) is 8.35. The SMILES string of the molecule is CCOC(=O)N[C@@H](C(=O)N1C[C@H](N)C[C@H]1C(=O)NCC1CCCCC1)C(C)(C)SCC(C)C. The number of carbonyl (C=O) groups is 3. The smallest absolute Gasteiger partial charge is 0.407 e. The lowest BCUT2D eigenvalue weighted by Crippen LogP contribution is -2.60. The summed E-state index contributed by atoms with van der Waals surface area (Å²) in [5.41, 5.74) is 6.20. The maximum atomic E-state index is 13.7. The van der Waals surface area contributed by atoms with Crippen LogP contribution in [0.3, 0.4) is 0 Å². The summed E-state index contributed by atoms with van der Waals surface area (Å²) in [7, 11) is 0. The highest BCUT2D eigenvalue weighted by Crippen LogP contribution is 2.32. The minimum absolute atomic E-state index is 0.149. The predicted octanol–water partition coefficient (Wildman–Crippen LogP) is 2.89. The molecule has 0 aromatic rings. The van der Waals surface area contributed by atoms with Crippen LogP contribution in [-0.4, -0.2) is 71.1 Å². The van der Waals surface area contributed by atoms with Crippen LogP contribution in [0.5, 0.6) is 0 Å². The lowest BCUT2D eigenvalue weighted by molar-refractivity contribution is -0.140. The summed E-state index contributed by atoms with van der Waals surface area (Å²) >= 11 is 1.63. The molecule has 4 N–H and O–H groups in total. The largest absolute Gasteiger partial charge is 0.450 e. The first-order valence-corrected chi connectivity index (χ1v) is 13.4. The Kier molecular flexibility index (Phi) is 10.8. The highest BCUT2D eigenvalue weighted by atomic mass is 32.2. The van der Waals surface area contributed by atoms with Crippen molar-refractivity contribution < 1.29 is 19.1 Å². The summed E-state index contributed by atoms with van der Waals surface area (Å²) in [6.45, 7) is 11.0. The van der Waals surface area contributed by atoms with Gasteiger partial charge in [0.2, 0.25) is 11.8 Å². The molecule has 190 valence electrons. The van der Waals surface area contributed by atoms with Gasteiger partial charge in [-0.2, -0.15) is 11.8 Å². The van der Waals surface area contributed by atoms with Crippen LogP contribution in [-0.2, 0) is 14.3 Å². The summed E-state index contributed by atoms with van der Waals surface area (Å²) in [5, 5.41) is 5.84. The predicted molar refractivity (Wildman–Crippen MR) is 133 cm³/mol. The molecular weight excluding hydrogens is 440 g/mol. The Hall–Kier alpha value is -1.48. The second-order valence-electron chi connectivity index (χ2n) is 10.4. The van der Waals surface area contributed by atoms with Gasteiger partial charge >= 0.3 is 6.09 Å². The number of nitrogens with two attached hydrogens (primary N) is 1. The minimum atomic E-state index is -0.834. The average Bonchev–Trinajstić information content (AvgIpc) is 3.16. The standard InChI is InChI=1S/C24H44N4O4S/c1-6-32-23(31)27-20(24(4,5)33-15-16(2)3)22(30)28-14-18(25)12-19(28)21(29)26-13-17-10-8-7-9-11-17/h16-20H,6-15,25H2,1-5H3,(H,26,29)(H,27,31)/t18-,19+,20+/m1/s1. The molecule has 0 aromatic heterocycles. The molecule has 0 radical (unpaired) electrons. The number of hydrogen-bond donors (Lipinski definition) is 3. The highest BCUT2D eigenvalue weighted by Gasteiger charge is 2.46. The molecule has 2 fully saturated rings. The van der Waals surface area contributed by atoms with Crippen molar-refractivity contribution in [3.05, 3.63) is 0 Å². The minimum Gasteiger partial charge on any atom is -0.450 e. The first-order valence-electron chi connectivity index (χ1n) is 12.5. The molecule has 3 atom stereocenters. The number of nitrogens with one attached hydrogen (secondary N) is 2. The van der Waals surface area contributed by atoms with Gasteiger partial charge in [0.15, 0.2) is 0 Å². The maximum Gasteiger partial charge on any atom is 0.407 e. The third-order valence-electron chi connectivity index (χ3n) is 6.48. The van der Waals surface area contributed by atoms with Gasteiger partial charge in [-0.1, -0.05) is 33.1 Å². The average molecular weight is 485 g/mol. The van der Waals surface area contributed by atoms with Crippen molar-refractivity contribution in [3.63, 3.8) is 0 Å². The zero-order valence-corrected chi connectivity index (χ0v) is 21.8. The number of alkyl carbamates (subject to hydrolysis) is 1. The van der Waals surface area contributed by atoms with E-state index in [2.05, 4.69) is 24.5 Å². The second-order valence-corrected chi connectivity index (χ2v) is 12.0. The fraction of sp³-hybridized carbons (Fsp3) is 0.875. The van der Waals surface area contributed by atoms with Gasteiger partial charge in [-0.05, 0) is 57.6 Å². The van der Waals surface area contributed by atoms with Crippen LogP contribution < -0.4 is 16.4 Å². The first-order chi connectivity index (χ1) is 15.5. The van der Waals surface area contributed by atoms with Crippen molar-refractivity contribution in [3.8, 4) is 0 Å². The summed E-state index contributed by atoms with van der Waals surface area (Å²) in [4.78, 5) is 40.7. The van der Waals surface area contributed by atoms with E-state index in [4.69, 9.17) is 10.5 Å². The summed E-state index contributed by atoms with van der Waals surface area (Å²) in [6, 6.07) is -1.72. The third-order valence-corrected chi connectivity index (χ3v) is 8.29. The van der Waals surface area contributed by atoms with Gasteiger partial charge < -0.3 is 26.0 Å². The second kappa shape index (κ2) is 12.8. The van der Waals surface area contributed by atoms with Crippen LogP contribution in [0.1, 0.15) is 73.1 Å². The molecule has 3 amide bonds. The number of thioether (sulfide) groups is 1. The van der Waals surface area contributed by atoms with Crippen LogP contribution in [0.4, 0.5) is 4.79 Å². The van der Waals surface area contributed by atoms with Crippen molar-refractivity contribution in [1.82, 2.24) is 15.5 Å². The molecule has 1 aliphatic carbocycles. The van der Waals surface area contributed by atoms with Crippen molar-refractivity contribution in [1.29, 1.82) is 0 Å². The van der Waals surface area contributed by atoms with Gasteiger partial charge in [0.1, 0.15) is 12.1 Å². The molecule has 1 heterocycles. The summed E-state index contributed by atoms with van der Waals surface area (Å²) < 4.78 is 4.48. The van der Waals surface area contributed by atoms with Crippen molar-refractivity contribution >= 4 is 29.7 Å². The molecule has 33 heavy (non-hydrogen) atoms. The van der Waals surface area contributed by atoms with Crippen LogP contribution in [0.15, 0.2) is 0 Å². The normalized spacial score (nSPS) is 22.8. The van der Waals surface area contributed by atoms with E-state index in [9.17, 15) is 14.4 Å². The molecule has 0 aromatic carbocycles. The first kappa shape index (κ1) is 27.8. The summed E-state index contributed by atoms with van der Waals surface area (Å²) in [5.74, 6) is 1.35. The molecule has 8 nitrogen and oxygen atoms in total. The number of nitrogens with zero attached hydrogens (tertiary/aromatic N) is 1. The molecule has 1 saturated heterocycles. The number of likely N-dealkylation sites (tertiary alicyclic amines) is 1. The number of amides is 3. The zero-order chi connectivity index (χ0) is 24.6. The molecule has 0 unspecified atom stereocenters. The lowest BCUT2D eigenvalue weighted by atomic mass is 9.89. The molecule has 1 saturated carbocycles. The van der Waals surface area contributed by atoms with E-state index >= 15 is 0 Å². The van der Waals surface area contributed by atoms with E-state index in [1.165, 1.54) is 19.3 Å². The van der Waals surface area contributed by atoms with E-state index in [1.807, 2.05) is 13.8 Å². The fourth-order valence-corrected chi connectivity index (χ4v) is 5.66. The highest BCUT2D eigenvalue weighted by molar-refractivity contribution is 8.00. The quantitative estimate of drug-likeness (QED) is 0.439. The van der Waals surface area contributed by atoms with E-state index in [1.54, 1.807) is 23.6 Å². The Morgan fingerprint density at radius 3 is 2.45 bits per heavy atom. The Labute approximate surface area is 203 Å². The molecule has 1 aliphatic heterocycles. The van der Waals surface area contributed by atoms with Gasteiger partial charge in [0, 0.05) is 23.9 Å².